The van der Waals surface area contributed by atoms with Gasteiger partial charge in [0.15, 0.2) is 6.10 Å². The molecular weight excluding hydrogens is 330 g/mol. The predicted octanol–water partition coefficient (Wildman–Crippen LogP) is 2.88. The molecule has 0 radical (unpaired) electrons. The summed E-state index contributed by atoms with van der Waals surface area (Å²) in [5, 5.41) is 2.96. The fraction of sp³-hybridized carbons (Fsp3) is 0.167. The minimum absolute atomic E-state index is 0.314. The summed E-state index contributed by atoms with van der Waals surface area (Å²) in [6.45, 7) is 1.17. The van der Waals surface area contributed by atoms with Crippen molar-refractivity contribution in [1.82, 2.24) is 5.32 Å². The molecule has 2 rings (SSSR count). The molecule has 0 saturated carbocycles. The van der Waals surface area contributed by atoms with Gasteiger partial charge in [0, 0.05) is 16.1 Å². The zero-order chi connectivity index (χ0) is 17.5. The zero-order valence-corrected chi connectivity index (χ0v) is 13.7. The zero-order valence-electron chi connectivity index (χ0n) is 13.0. The minimum Gasteiger partial charge on any atom is -0.453 e. The summed E-state index contributed by atoms with van der Waals surface area (Å²) in [4.78, 5) is 35.7. The Labute approximate surface area is 144 Å². The Morgan fingerprint density at radius 3 is 2.25 bits per heavy atom. The Morgan fingerprint density at radius 1 is 1.00 bits per heavy atom. The summed E-state index contributed by atoms with van der Waals surface area (Å²) >= 11 is 5.76. The number of Topliss-reactive ketones (excluding diaryl/α,β-unsaturated/α-hetero) is 1. The van der Waals surface area contributed by atoms with Crippen LogP contribution in [0.4, 0.5) is 0 Å². The van der Waals surface area contributed by atoms with Crippen molar-refractivity contribution in [2.75, 3.05) is 6.54 Å². The van der Waals surface area contributed by atoms with Gasteiger partial charge in [0.05, 0.1) is 0 Å². The van der Waals surface area contributed by atoms with E-state index in [1.54, 1.807) is 54.6 Å². The summed E-state index contributed by atoms with van der Waals surface area (Å²) in [5.41, 5.74) is 0.837. The first-order chi connectivity index (χ1) is 11.5. The van der Waals surface area contributed by atoms with Gasteiger partial charge in [0.2, 0.25) is 5.78 Å². The third-order valence-electron chi connectivity index (χ3n) is 3.24. The smallest absolute Gasteiger partial charge is 0.326 e. The number of carbonyl (C=O) groups is 3. The number of ether oxygens (including phenoxy) is 1. The molecule has 0 aliphatic rings. The number of halogens is 1. The molecule has 5 nitrogen and oxygen atoms in total. The van der Waals surface area contributed by atoms with Crippen LogP contribution in [-0.4, -0.2) is 30.3 Å². The van der Waals surface area contributed by atoms with Crippen LogP contribution in [0.3, 0.4) is 0 Å². The van der Waals surface area contributed by atoms with E-state index in [1.807, 2.05) is 0 Å². The van der Waals surface area contributed by atoms with Gasteiger partial charge in [-0.05, 0) is 43.3 Å². The fourth-order valence-electron chi connectivity index (χ4n) is 1.99. The van der Waals surface area contributed by atoms with Crippen molar-refractivity contribution < 1.29 is 19.1 Å². The molecule has 0 bridgehead atoms. The molecule has 0 saturated heterocycles. The quantitative estimate of drug-likeness (QED) is 0.645. The van der Waals surface area contributed by atoms with Crippen LogP contribution in [0.1, 0.15) is 27.6 Å². The van der Waals surface area contributed by atoms with E-state index in [0.29, 0.717) is 16.1 Å². The Morgan fingerprint density at radius 2 is 1.62 bits per heavy atom. The van der Waals surface area contributed by atoms with Crippen LogP contribution < -0.4 is 5.32 Å². The molecule has 1 amide bonds. The third kappa shape index (κ3) is 4.93. The van der Waals surface area contributed by atoms with Crippen LogP contribution in [0.2, 0.25) is 5.02 Å². The van der Waals surface area contributed by atoms with E-state index in [1.165, 1.54) is 6.92 Å². The van der Waals surface area contributed by atoms with E-state index >= 15 is 0 Å². The number of rotatable bonds is 6. The Bertz CT molecular complexity index is 728. The highest BCUT2D eigenvalue weighted by Crippen LogP contribution is 2.12. The molecule has 0 aliphatic heterocycles. The summed E-state index contributed by atoms with van der Waals surface area (Å²) in [6, 6.07) is 14.8. The lowest BCUT2D eigenvalue weighted by molar-refractivity contribution is -0.145. The minimum atomic E-state index is -0.952. The number of ketones is 1. The lowest BCUT2D eigenvalue weighted by atomic mass is 10.1. The normalized spacial score (nSPS) is 11.4. The molecule has 1 N–H and O–H groups in total. The number of hydrogen-bond acceptors (Lipinski definition) is 4. The Kier molecular flexibility index (Phi) is 6.09. The summed E-state index contributed by atoms with van der Waals surface area (Å²) < 4.78 is 5.05. The van der Waals surface area contributed by atoms with Crippen molar-refractivity contribution in [2.45, 2.75) is 13.0 Å². The van der Waals surface area contributed by atoms with Gasteiger partial charge in [-0.15, -0.1) is 0 Å². The van der Waals surface area contributed by atoms with Gasteiger partial charge in [-0.3, -0.25) is 14.4 Å². The first kappa shape index (κ1) is 17.7. The molecule has 6 heteroatoms. The summed E-state index contributed by atoms with van der Waals surface area (Å²) in [5.74, 6) is -1.41. The lowest BCUT2D eigenvalue weighted by Gasteiger charge is -2.13. The Hall–Kier alpha value is -2.66. The van der Waals surface area contributed by atoms with Gasteiger partial charge in [0.1, 0.15) is 6.54 Å². The highest BCUT2D eigenvalue weighted by atomic mass is 35.5. The SMILES string of the molecule is C[C@@H](OC(=O)CNC(=O)c1ccccc1)C(=O)c1ccc(Cl)cc1. The molecule has 1 atom stereocenters. The van der Waals surface area contributed by atoms with Crippen LogP contribution in [0, 0.1) is 0 Å². The van der Waals surface area contributed by atoms with Crippen molar-refractivity contribution in [3.8, 4) is 0 Å². The maximum absolute atomic E-state index is 12.1. The average Bonchev–Trinajstić information content (AvgIpc) is 2.60. The molecule has 2 aromatic carbocycles. The van der Waals surface area contributed by atoms with Gasteiger partial charge in [-0.25, -0.2) is 0 Å². The highest BCUT2D eigenvalue weighted by Gasteiger charge is 2.19. The van der Waals surface area contributed by atoms with Gasteiger partial charge < -0.3 is 10.1 Å². The molecule has 0 unspecified atom stereocenters. The second-order valence-electron chi connectivity index (χ2n) is 5.05. The number of nitrogens with one attached hydrogen (secondary N) is 1. The Balaban J connectivity index is 1.84. The number of carbonyl (C=O) groups excluding carboxylic acids is 3. The molecular formula is C18H16ClNO4. The van der Waals surface area contributed by atoms with Crippen LogP contribution >= 0.6 is 11.6 Å². The van der Waals surface area contributed by atoms with Crippen LogP contribution in [0.5, 0.6) is 0 Å². The second kappa shape index (κ2) is 8.26. The molecule has 0 fully saturated rings. The van der Waals surface area contributed by atoms with Crippen molar-refractivity contribution in [3.05, 3.63) is 70.7 Å². The molecule has 24 heavy (non-hydrogen) atoms. The average molecular weight is 346 g/mol. The summed E-state index contributed by atoms with van der Waals surface area (Å²) in [6.07, 6.45) is -0.952. The second-order valence-corrected chi connectivity index (χ2v) is 5.49. The van der Waals surface area contributed by atoms with E-state index in [2.05, 4.69) is 5.32 Å². The number of amides is 1. The van der Waals surface area contributed by atoms with Crippen LogP contribution in [0.15, 0.2) is 54.6 Å². The maximum atomic E-state index is 12.1. The fourth-order valence-corrected chi connectivity index (χ4v) is 2.11. The van der Waals surface area contributed by atoms with Gasteiger partial charge in [-0.2, -0.15) is 0 Å². The summed E-state index contributed by atoms with van der Waals surface area (Å²) in [7, 11) is 0. The predicted molar refractivity (Wildman–Crippen MR) is 90.1 cm³/mol. The van der Waals surface area contributed by atoms with Crippen LogP contribution in [0.25, 0.3) is 0 Å². The van der Waals surface area contributed by atoms with E-state index in [4.69, 9.17) is 16.3 Å². The topological polar surface area (TPSA) is 72.5 Å². The van der Waals surface area contributed by atoms with Gasteiger partial charge in [-0.1, -0.05) is 29.8 Å². The van der Waals surface area contributed by atoms with Gasteiger partial charge in [0.25, 0.3) is 5.91 Å². The highest BCUT2D eigenvalue weighted by molar-refractivity contribution is 6.30. The molecule has 124 valence electrons. The standard InChI is InChI=1S/C18H16ClNO4/c1-12(17(22)13-7-9-15(19)10-8-13)24-16(21)11-20-18(23)14-5-3-2-4-6-14/h2-10,12H,11H2,1H3,(H,20,23)/t12-/m1/s1. The van der Waals surface area contributed by atoms with Crippen molar-refractivity contribution >= 4 is 29.3 Å². The molecule has 0 spiro atoms. The van der Waals surface area contributed by atoms with E-state index in [0.717, 1.165) is 0 Å². The molecule has 2 aromatic rings. The van der Waals surface area contributed by atoms with Crippen LogP contribution in [-0.2, 0) is 9.53 Å². The largest absolute Gasteiger partial charge is 0.453 e. The maximum Gasteiger partial charge on any atom is 0.326 e. The number of esters is 1. The molecule has 0 aromatic heterocycles. The van der Waals surface area contributed by atoms with E-state index in [-0.39, 0.29) is 18.2 Å². The molecule has 0 heterocycles. The lowest BCUT2D eigenvalue weighted by Crippen LogP contribution is -2.34. The molecule has 0 aliphatic carbocycles. The van der Waals surface area contributed by atoms with Crippen molar-refractivity contribution in [3.63, 3.8) is 0 Å². The first-order valence-corrected chi connectivity index (χ1v) is 7.67. The third-order valence-corrected chi connectivity index (χ3v) is 3.49. The van der Waals surface area contributed by atoms with E-state index in [9.17, 15) is 14.4 Å². The first-order valence-electron chi connectivity index (χ1n) is 7.30. The number of hydrogen-bond donors (Lipinski definition) is 1. The number of benzene rings is 2. The van der Waals surface area contributed by atoms with Gasteiger partial charge >= 0.3 is 5.97 Å². The van der Waals surface area contributed by atoms with Crippen molar-refractivity contribution in [1.29, 1.82) is 0 Å². The van der Waals surface area contributed by atoms with E-state index < -0.39 is 12.1 Å². The van der Waals surface area contributed by atoms with Crippen molar-refractivity contribution in [2.24, 2.45) is 0 Å². The monoisotopic (exact) mass is 345 g/mol.